The Hall–Kier alpha value is -1.83. The van der Waals surface area contributed by atoms with E-state index in [1.54, 1.807) is 0 Å². The minimum Gasteiger partial charge on any atom is -0.397 e. The predicted octanol–water partition coefficient (Wildman–Crippen LogP) is 2.95. The van der Waals surface area contributed by atoms with Crippen molar-refractivity contribution in [3.63, 3.8) is 0 Å². The van der Waals surface area contributed by atoms with Gasteiger partial charge in [-0.05, 0) is 25.5 Å². The molecule has 2 N–H and O–H groups in total. The fourth-order valence-corrected chi connectivity index (χ4v) is 1.70. The number of aromatic nitrogens is 1. The lowest BCUT2D eigenvalue weighted by molar-refractivity contribution is 1.13. The fraction of sp³-hybridized carbons (Fsp3) is 0.154. The van der Waals surface area contributed by atoms with Crippen LogP contribution < -0.4 is 5.73 Å². The van der Waals surface area contributed by atoms with Crippen molar-refractivity contribution < 1.29 is 0 Å². The van der Waals surface area contributed by atoms with E-state index in [0.29, 0.717) is 0 Å². The molecule has 0 unspecified atom stereocenters. The molecule has 1 aromatic carbocycles. The zero-order valence-electron chi connectivity index (χ0n) is 8.99. The van der Waals surface area contributed by atoms with E-state index in [0.717, 1.165) is 28.2 Å². The van der Waals surface area contributed by atoms with Gasteiger partial charge in [0.25, 0.3) is 0 Å². The van der Waals surface area contributed by atoms with Gasteiger partial charge in [-0.1, -0.05) is 30.3 Å². The van der Waals surface area contributed by atoms with Crippen molar-refractivity contribution in [3.8, 4) is 11.1 Å². The van der Waals surface area contributed by atoms with E-state index < -0.39 is 0 Å². The second-order valence-electron chi connectivity index (χ2n) is 3.68. The van der Waals surface area contributed by atoms with Gasteiger partial charge in [-0.2, -0.15) is 0 Å². The van der Waals surface area contributed by atoms with Gasteiger partial charge < -0.3 is 5.73 Å². The molecule has 0 saturated heterocycles. The van der Waals surface area contributed by atoms with Crippen molar-refractivity contribution in [2.45, 2.75) is 13.8 Å². The number of rotatable bonds is 1. The van der Waals surface area contributed by atoms with Crippen LogP contribution in [0.3, 0.4) is 0 Å². The summed E-state index contributed by atoms with van der Waals surface area (Å²) in [4.78, 5) is 4.33. The third kappa shape index (κ3) is 1.84. The van der Waals surface area contributed by atoms with Crippen LogP contribution in [0.4, 0.5) is 5.69 Å². The van der Waals surface area contributed by atoms with Gasteiger partial charge >= 0.3 is 0 Å². The molecule has 0 atom stereocenters. The van der Waals surface area contributed by atoms with Crippen LogP contribution in [0.2, 0.25) is 0 Å². The van der Waals surface area contributed by atoms with Crippen LogP contribution in [0.5, 0.6) is 0 Å². The van der Waals surface area contributed by atoms with Crippen molar-refractivity contribution >= 4 is 5.69 Å². The Labute approximate surface area is 89.8 Å². The minimum absolute atomic E-state index is 0.770. The molecule has 2 nitrogen and oxygen atoms in total. The molecule has 1 aromatic heterocycles. The molecule has 15 heavy (non-hydrogen) atoms. The number of aryl methyl sites for hydroxylation is 2. The molecule has 0 aliphatic heterocycles. The van der Waals surface area contributed by atoms with Crippen LogP contribution in [0, 0.1) is 13.8 Å². The largest absolute Gasteiger partial charge is 0.397 e. The van der Waals surface area contributed by atoms with Gasteiger partial charge in [0.1, 0.15) is 0 Å². The summed E-state index contributed by atoms with van der Waals surface area (Å²) in [7, 11) is 0. The first-order chi connectivity index (χ1) is 7.18. The SMILES string of the molecule is Cc1cc(-c2ccccc2)c(N)c(C)n1. The van der Waals surface area contributed by atoms with Crippen LogP contribution in [0.25, 0.3) is 11.1 Å². The zero-order chi connectivity index (χ0) is 10.8. The van der Waals surface area contributed by atoms with Crippen molar-refractivity contribution in [1.82, 2.24) is 4.98 Å². The van der Waals surface area contributed by atoms with Crippen molar-refractivity contribution in [1.29, 1.82) is 0 Å². The van der Waals surface area contributed by atoms with E-state index in [1.165, 1.54) is 0 Å². The van der Waals surface area contributed by atoms with Gasteiger partial charge in [-0.15, -0.1) is 0 Å². The number of hydrogen-bond acceptors (Lipinski definition) is 2. The van der Waals surface area contributed by atoms with Gasteiger partial charge in [-0.25, -0.2) is 0 Å². The number of pyridine rings is 1. The summed E-state index contributed by atoms with van der Waals surface area (Å²) in [5.41, 5.74) is 10.9. The lowest BCUT2D eigenvalue weighted by atomic mass is 10.0. The maximum atomic E-state index is 6.02. The van der Waals surface area contributed by atoms with E-state index in [4.69, 9.17) is 5.73 Å². The summed E-state index contributed by atoms with van der Waals surface area (Å²) < 4.78 is 0. The highest BCUT2D eigenvalue weighted by Gasteiger charge is 2.06. The molecule has 0 spiro atoms. The smallest absolute Gasteiger partial charge is 0.0611 e. The summed E-state index contributed by atoms with van der Waals surface area (Å²) >= 11 is 0. The molecule has 1 heterocycles. The molecule has 2 rings (SSSR count). The average Bonchev–Trinajstić information content (AvgIpc) is 2.24. The molecule has 0 radical (unpaired) electrons. The highest BCUT2D eigenvalue weighted by molar-refractivity contribution is 5.77. The van der Waals surface area contributed by atoms with Gasteiger partial charge in [0.2, 0.25) is 0 Å². The third-order valence-corrected chi connectivity index (χ3v) is 2.46. The summed E-state index contributed by atoms with van der Waals surface area (Å²) in [5.74, 6) is 0. The van der Waals surface area contributed by atoms with Crippen LogP contribution in [-0.2, 0) is 0 Å². The van der Waals surface area contributed by atoms with E-state index in [2.05, 4.69) is 17.1 Å². The maximum absolute atomic E-state index is 6.02. The maximum Gasteiger partial charge on any atom is 0.0611 e. The number of nitrogen functional groups attached to an aromatic ring is 1. The van der Waals surface area contributed by atoms with Crippen molar-refractivity contribution in [2.75, 3.05) is 5.73 Å². The first-order valence-electron chi connectivity index (χ1n) is 4.97. The quantitative estimate of drug-likeness (QED) is 0.765. The third-order valence-electron chi connectivity index (χ3n) is 2.46. The van der Waals surface area contributed by atoms with Crippen LogP contribution >= 0.6 is 0 Å². The number of anilines is 1. The molecule has 0 aliphatic carbocycles. The van der Waals surface area contributed by atoms with Gasteiger partial charge in [0.05, 0.1) is 11.4 Å². The molecule has 2 aromatic rings. The Bertz CT molecular complexity index is 475. The Morgan fingerprint density at radius 1 is 1.07 bits per heavy atom. The molecular weight excluding hydrogens is 184 g/mol. The van der Waals surface area contributed by atoms with Crippen LogP contribution in [0.1, 0.15) is 11.4 Å². The molecule has 0 amide bonds. The van der Waals surface area contributed by atoms with E-state index in [-0.39, 0.29) is 0 Å². The summed E-state index contributed by atoms with van der Waals surface area (Å²) in [6, 6.07) is 12.2. The minimum atomic E-state index is 0.770. The van der Waals surface area contributed by atoms with Crippen molar-refractivity contribution in [3.05, 3.63) is 47.8 Å². The highest BCUT2D eigenvalue weighted by Crippen LogP contribution is 2.27. The lowest BCUT2D eigenvalue weighted by Gasteiger charge is -2.09. The topological polar surface area (TPSA) is 38.9 Å². The Morgan fingerprint density at radius 2 is 1.73 bits per heavy atom. The number of hydrogen-bond donors (Lipinski definition) is 1. The number of nitrogens with two attached hydrogens (primary N) is 1. The summed E-state index contributed by atoms with van der Waals surface area (Å²) in [5, 5.41) is 0. The van der Waals surface area contributed by atoms with E-state index >= 15 is 0 Å². The predicted molar refractivity (Wildman–Crippen MR) is 63.6 cm³/mol. The van der Waals surface area contributed by atoms with Crippen LogP contribution in [0.15, 0.2) is 36.4 Å². The lowest BCUT2D eigenvalue weighted by Crippen LogP contribution is -1.98. The van der Waals surface area contributed by atoms with Crippen LogP contribution in [-0.4, -0.2) is 4.98 Å². The second kappa shape index (κ2) is 3.73. The molecular formula is C13H14N2. The highest BCUT2D eigenvalue weighted by atomic mass is 14.7. The Balaban J connectivity index is 2.63. The zero-order valence-corrected chi connectivity index (χ0v) is 8.99. The molecule has 0 saturated carbocycles. The molecule has 0 bridgehead atoms. The average molecular weight is 198 g/mol. The Morgan fingerprint density at radius 3 is 2.40 bits per heavy atom. The monoisotopic (exact) mass is 198 g/mol. The van der Waals surface area contributed by atoms with E-state index in [9.17, 15) is 0 Å². The molecule has 0 fully saturated rings. The second-order valence-corrected chi connectivity index (χ2v) is 3.68. The summed E-state index contributed by atoms with van der Waals surface area (Å²) in [6.07, 6.45) is 0. The standard InChI is InChI=1S/C13H14N2/c1-9-8-12(13(14)10(2)15-9)11-6-4-3-5-7-11/h3-8H,14H2,1-2H3. The fourth-order valence-electron chi connectivity index (χ4n) is 1.70. The van der Waals surface area contributed by atoms with E-state index in [1.807, 2.05) is 38.1 Å². The van der Waals surface area contributed by atoms with Gasteiger partial charge in [-0.3, -0.25) is 4.98 Å². The molecule has 0 aliphatic rings. The Kier molecular flexibility index (Phi) is 2.42. The van der Waals surface area contributed by atoms with Gasteiger partial charge in [0.15, 0.2) is 0 Å². The first-order valence-corrected chi connectivity index (χ1v) is 4.97. The van der Waals surface area contributed by atoms with Crippen molar-refractivity contribution in [2.24, 2.45) is 0 Å². The van der Waals surface area contributed by atoms with Gasteiger partial charge in [0, 0.05) is 11.3 Å². The first kappa shape index (κ1) is 9.71. The number of nitrogens with zero attached hydrogens (tertiary/aromatic N) is 1. The normalized spacial score (nSPS) is 10.3. The molecule has 76 valence electrons. The number of benzene rings is 1. The summed E-state index contributed by atoms with van der Waals surface area (Å²) in [6.45, 7) is 3.92. The molecule has 2 heteroatoms.